The number of aliphatic hydroxyl groups excluding tert-OH is 1. The van der Waals surface area contributed by atoms with Gasteiger partial charge >= 0.3 is 5.97 Å². The number of pyridine rings is 1. The van der Waals surface area contributed by atoms with Crippen molar-refractivity contribution in [3.8, 4) is 0 Å². The van der Waals surface area contributed by atoms with Gasteiger partial charge in [0.05, 0.1) is 17.9 Å². The van der Waals surface area contributed by atoms with E-state index in [1.54, 1.807) is 19.9 Å². The van der Waals surface area contributed by atoms with Crippen molar-refractivity contribution in [3.63, 3.8) is 0 Å². The molecular formula is C22H24F2IN5O5. The van der Waals surface area contributed by atoms with Crippen LogP contribution in [0.3, 0.4) is 0 Å². The molecule has 0 saturated heterocycles. The number of hydrogen-bond donors (Lipinski definition) is 3. The summed E-state index contributed by atoms with van der Waals surface area (Å²) in [6.07, 6.45) is -0.236. The molecule has 2 heterocycles. The summed E-state index contributed by atoms with van der Waals surface area (Å²) in [6.45, 7) is 2.68. The number of carbonyl (C=O) groups excluding carboxylic acids is 1. The maximum atomic E-state index is 15.0. The number of rotatable bonds is 8. The van der Waals surface area contributed by atoms with E-state index in [1.165, 1.54) is 19.2 Å². The molecule has 0 aliphatic rings. The topological polar surface area (TPSA) is 141 Å². The highest BCUT2D eigenvalue weighted by Crippen LogP contribution is 2.26. The fourth-order valence-corrected chi connectivity index (χ4v) is 3.67. The van der Waals surface area contributed by atoms with Crippen molar-refractivity contribution < 1.29 is 23.4 Å². The number of halogens is 3. The number of aromatic nitrogens is 3. The van der Waals surface area contributed by atoms with Gasteiger partial charge in [0, 0.05) is 10.6 Å². The molecule has 0 radical (unpaired) electrons. The minimum absolute atomic E-state index is 0.144. The van der Waals surface area contributed by atoms with E-state index < -0.39 is 53.2 Å². The number of aliphatic hydroxyl groups is 1. The second kappa shape index (κ2) is 10.8. The Kier molecular flexibility index (Phi) is 8.22. The van der Waals surface area contributed by atoms with Crippen molar-refractivity contribution in [1.29, 1.82) is 0 Å². The van der Waals surface area contributed by atoms with E-state index >= 15 is 0 Å². The van der Waals surface area contributed by atoms with Crippen LogP contribution in [0.15, 0.2) is 34.1 Å². The highest BCUT2D eigenvalue weighted by Gasteiger charge is 2.23. The quantitative estimate of drug-likeness (QED) is 0.261. The highest BCUT2D eigenvalue weighted by atomic mass is 127. The minimum Gasteiger partial charge on any atom is -0.462 e. The van der Waals surface area contributed by atoms with Crippen LogP contribution in [0.4, 0.5) is 20.2 Å². The summed E-state index contributed by atoms with van der Waals surface area (Å²) in [5.74, 6) is -2.89. The van der Waals surface area contributed by atoms with Crippen molar-refractivity contribution in [3.05, 3.63) is 60.4 Å². The maximum Gasteiger partial charge on any atom is 0.323 e. The third kappa shape index (κ3) is 5.67. The van der Waals surface area contributed by atoms with Crippen LogP contribution in [-0.4, -0.2) is 43.9 Å². The summed E-state index contributed by atoms with van der Waals surface area (Å²) < 4.78 is 36.8. The zero-order valence-corrected chi connectivity index (χ0v) is 21.2. The van der Waals surface area contributed by atoms with Gasteiger partial charge in [0.1, 0.15) is 36.3 Å². The maximum absolute atomic E-state index is 15.0. The molecule has 4 N–H and O–H groups in total. The number of nitrogens with one attached hydrogen (secondary N) is 1. The molecule has 0 amide bonds. The molecule has 10 nitrogen and oxygen atoms in total. The van der Waals surface area contributed by atoms with E-state index in [-0.39, 0.29) is 29.2 Å². The number of carbonyl (C=O) groups is 1. The predicted octanol–water partition coefficient (Wildman–Crippen LogP) is 1.61. The lowest BCUT2D eigenvalue weighted by Crippen LogP contribution is -2.39. The average molecular weight is 603 g/mol. The summed E-state index contributed by atoms with van der Waals surface area (Å²) in [4.78, 5) is 41.6. The van der Waals surface area contributed by atoms with Crippen LogP contribution in [-0.2, 0) is 23.1 Å². The number of ether oxygens (including phenoxy) is 1. The molecule has 35 heavy (non-hydrogen) atoms. The van der Waals surface area contributed by atoms with Crippen LogP contribution in [0.2, 0.25) is 0 Å². The van der Waals surface area contributed by atoms with Gasteiger partial charge in [-0.05, 0) is 46.7 Å². The molecule has 0 fully saturated rings. The van der Waals surface area contributed by atoms with Gasteiger partial charge in [-0.15, -0.1) is 0 Å². The second-order valence-corrected chi connectivity index (χ2v) is 9.50. The molecule has 188 valence electrons. The lowest BCUT2D eigenvalue weighted by molar-refractivity contribution is -0.149. The standard InChI is InChI=1S/C22H24F2IN5O5/c1-10(2)17(26)22(34)35-8-12(31)7-30-9-27-19-15(20(30)32)18(16(24)21(33)29(19)3)28-14-5-4-11(25)6-13(14)23/h4-6,9-10,12,17,28,31H,7-8,26H2,1-3H3. The van der Waals surface area contributed by atoms with Gasteiger partial charge in [-0.2, -0.15) is 4.39 Å². The van der Waals surface area contributed by atoms with Crippen LogP contribution < -0.4 is 22.2 Å². The molecule has 13 heteroatoms. The first-order valence-corrected chi connectivity index (χ1v) is 11.6. The summed E-state index contributed by atoms with van der Waals surface area (Å²) in [5, 5.41) is 12.5. The fraction of sp³-hybridized carbons (Fsp3) is 0.364. The molecule has 0 aliphatic heterocycles. The molecule has 0 bridgehead atoms. The van der Waals surface area contributed by atoms with Crippen molar-refractivity contribution in [2.75, 3.05) is 11.9 Å². The zero-order chi connectivity index (χ0) is 26.0. The Morgan fingerprint density at radius 3 is 2.60 bits per heavy atom. The molecule has 2 aromatic heterocycles. The zero-order valence-electron chi connectivity index (χ0n) is 19.1. The number of nitrogens with zero attached hydrogens (tertiary/aromatic N) is 3. The first-order chi connectivity index (χ1) is 16.4. The number of benzene rings is 1. The Morgan fingerprint density at radius 2 is 1.97 bits per heavy atom. The van der Waals surface area contributed by atoms with Crippen molar-refractivity contribution >= 4 is 51.0 Å². The summed E-state index contributed by atoms with van der Waals surface area (Å²) in [6, 6.07) is 3.23. The van der Waals surface area contributed by atoms with Gasteiger partial charge in [0.15, 0.2) is 5.65 Å². The van der Waals surface area contributed by atoms with E-state index in [4.69, 9.17) is 10.5 Å². The van der Waals surface area contributed by atoms with E-state index in [0.717, 1.165) is 15.5 Å². The lowest BCUT2D eigenvalue weighted by Gasteiger charge is -2.18. The predicted molar refractivity (Wildman–Crippen MR) is 133 cm³/mol. The molecule has 0 spiro atoms. The molecule has 0 saturated carbocycles. The first kappa shape index (κ1) is 26.7. The van der Waals surface area contributed by atoms with E-state index in [9.17, 15) is 28.3 Å². The van der Waals surface area contributed by atoms with Crippen molar-refractivity contribution in [2.24, 2.45) is 18.7 Å². The fourth-order valence-electron chi connectivity index (χ4n) is 3.21. The summed E-state index contributed by atoms with van der Waals surface area (Å²) >= 11 is 1.90. The lowest BCUT2D eigenvalue weighted by atomic mass is 10.1. The van der Waals surface area contributed by atoms with Crippen LogP contribution >= 0.6 is 22.6 Å². The van der Waals surface area contributed by atoms with Gasteiger partial charge in [-0.1, -0.05) is 13.8 Å². The Balaban J connectivity index is 1.99. The van der Waals surface area contributed by atoms with Gasteiger partial charge in [0.25, 0.3) is 11.1 Å². The largest absolute Gasteiger partial charge is 0.462 e. The number of nitrogens with two attached hydrogens (primary N) is 1. The number of esters is 1. The second-order valence-electron chi connectivity index (χ2n) is 8.26. The minimum atomic E-state index is -1.31. The normalized spacial score (nSPS) is 13.2. The van der Waals surface area contributed by atoms with Crippen LogP contribution in [0, 0.1) is 21.1 Å². The monoisotopic (exact) mass is 603 g/mol. The Labute approximate surface area is 211 Å². The van der Waals surface area contributed by atoms with Crippen LogP contribution in [0.25, 0.3) is 11.0 Å². The average Bonchev–Trinajstić information content (AvgIpc) is 2.81. The molecule has 2 atom stereocenters. The molecule has 3 rings (SSSR count). The van der Waals surface area contributed by atoms with E-state index in [2.05, 4.69) is 10.3 Å². The number of hydrogen-bond acceptors (Lipinski definition) is 8. The van der Waals surface area contributed by atoms with Gasteiger partial charge in [0.2, 0.25) is 5.82 Å². The molecule has 1 aromatic carbocycles. The number of aryl methyl sites for hydroxylation is 1. The number of anilines is 2. The van der Waals surface area contributed by atoms with Crippen LogP contribution in [0.5, 0.6) is 0 Å². The molecule has 2 unspecified atom stereocenters. The van der Waals surface area contributed by atoms with Gasteiger partial charge in [-0.3, -0.25) is 23.5 Å². The van der Waals surface area contributed by atoms with Crippen molar-refractivity contribution in [1.82, 2.24) is 14.1 Å². The van der Waals surface area contributed by atoms with E-state index in [0.29, 0.717) is 3.57 Å². The molecular weight excluding hydrogens is 579 g/mol. The number of fused-ring (bicyclic) bond motifs is 1. The van der Waals surface area contributed by atoms with Crippen molar-refractivity contribution in [2.45, 2.75) is 32.5 Å². The highest BCUT2D eigenvalue weighted by molar-refractivity contribution is 14.1. The first-order valence-electron chi connectivity index (χ1n) is 10.5. The Bertz CT molecular complexity index is 1390. The third-order valence-corrected chi connectivity index (χ3v) is 5.97. The Hall–Kier alpha value is -2.91. The molecule has 0 aliphatic carbocycles. The SMILES string of the molecule is CC(C)C(N)C(=O)OCC(O)Cn1cnc2c(c(Nc3ccc(I)cc3F)c(F)c(=O)n2C)c1=O. The third-order valence-electron chi connectivity index (χ3n) is 5.30. The Morgan fingerprint density at radius 1 is 1.29 bits per heavy atom. The van der Waals surface area contributed by atoms with Crippen LogP contribution in [0.1, 0.15) is 13.8 Å². The van der Waals surface area contributed by atoms with Gasteiger partial charge in [-0.25, -0.2) is 9.37 Å². The summed E-state index contributed by atoms with van der Waals surface area (Å²) in [5.41, 5.74) is 3.00. The van der Waals surface area contributed by atoms with Gasteiger partial charge < -0.3 is 20.9 Å². The molecule has 3 aromatic rings. The smallest absolute Gasteiger partial charge is 0.323 e. The van der Waals surface area contributed by atoms with E-state index in [1.807, 2.05) is 22.6 Å². The summed E-state index contributed by atoms with van der Waals surface area (Å²) in [7, 11) is 1.24.